The number of amides is 1. The number of hydrogen-bond acceptors (Lipinski definition) is 5. The van der Waals surface area contributed by atoms with Gasteiger partial charge in [0.15, 0.2) is 0 Å². The van der Waals surface area contributed by atoms with E-state index in [0.29, 0.717) is 41.7 Å². The smallest absolute Gasteiger partial charge is 0.223 e. The van der Waals surface area contributed by atoms with Crippen molar-refractivity contribution in [2.75, 3.05) is 18.8 Å². The Morgan fingerprint density at radius 1 is 1.22 bits per heavy atom. The van der Waals surface area contributed by atoms with E-state index in [4.69, 9.17) is 5.73 Å². The highest BCUT2D eigenvalue weighted by Crippen LogP contribution is 2.43. The number of likely N-dealkylation sites (tertiary alicyclic amines) is 1. The molecule has 1 aromatic rings. The summed E-state index contributed by atoms with van der Waals surface area (Å²) in [4.78, 5) is 26.0. The van der Waals surface area contributed by atoms with Crippen molar-refractivity contribution >= 4 is 11.9 Å². The molecule has 2 bridgehead atoms. The fourth-order valence-electron chi connectivity index (χ4n) is 5.58. The van der Waals surface area contributed by atoms with Gasteiger partial charge in [-0.3, -0.25) is 9.69 Å². The standard InChI is InChI=1S/C21H33N5O/c1-14(2)6-7-19-17-8-16(18-4-3-5-20(27)26(18)19)12-25(13-17)11-15-9-23-21(22)24-10-15/h9-10,14,16-19H,3-8,11-13H2,1-2H3,(H2,22,23,24)/t16-,17+,18+,19+/m1/s1. The number of anilines is 1. The molecule has 0 aliphatic carbocycles. The molecule has 4 rings (SSSR count). The first-order valence-electron chi connectivity index (χ1n) is 10.6. The Balaban J connectivity index is 1.52. The van der Waals surface area contributed by atoms with E-state index in [-0.39, 0.29) is 0 Å². The third-order valence-corrected chi connectivity index (χ3v) is 6.74. The molecule has 148 valence electrons. The van der Waals surface area contributed by atoms with Crippen LogP contribution in [0.25, 0.3) is 0 Å². The first-order valence-corrected chi connectivity index (χ1v) is 10.6. The lowest BCUT2D eigenvalue weighted by Crippen LogP contribution is -2.64. The average Bonchev–Trinajstić information content (AvgIpc) is 2.64. The van der Waals surface area contributed by atoms with Crippen LogP contribution in [0.4, 0.5) is 5.95 Å². The summed E-state index contributed by atoms with van der Waals surface area (Å²) >= 11 is 0. The second kappa shape index (κ2) is 7.74. The number of hydrogen-bond donors (Lipinski definition) is 1. The molecule has 0 saturated carbocycles. The van der Waals surface area contributed by atoms with Crippen LogP contribution in [0, 0.1) is 17.8 Å². The third kappa shape index (κ3) is 3.96. The molecular weight excluding hydrogens is 338 g/mol. The average molecular weight is 372 g/mol. The van der Waals surface area contributed by atoms with Crippen molar-refractivity contribution in [3.8, 4) is 0 Å². The van der Waals surface area contributed by atoms with Gasteiger partial charge in [0.2, 0.25) is 11.9 Å². The number of fused-ring (bicyclic) bond motifs is 4. The molecule has 4 atom stereocenters. The van der Waals surface area contributed by atoms with Crippen LogP contribution in [-0.4, -0.2) is 50.8 Å². The first-order chi connectivity index (χ1) is 13.0. The van der Waals surface area contributed by atoms with Crippen molar-refractivity contribution in [3.63, 3.8) is 0 Å². The third-order valence-electron chi connectivity index (χ3n) is 6.74. The van der Waals surface area contributed by atoms with Gasteiger partial charge in [0.25, 0.3) is 0 Å². The topological polar surface area (TPSA) is 75.4 Å². The van der Waals surface area contributed by atoms with E-state index in [1.807, 2.05) is 12.4 Å². The van der Waals surface area contributed by atoms with E-state index >= 15 is 0 Å². The van der Waals surface area contributed by atoms with E-state index in [1.54, 1.807) is 0 Å². The fraction of sp³-hybridized carbons (Fsp3) is 0.762. The summed E-state index contributed by atoms with van der Waals surface area (Å²) in [6, 6.07) is 0.872. The van der Waals surface area contributed by atoms with Gasteiger partial charge in [-0.2, -0.15) is 0 Å². The number of carbonyl (C=O) groups excluding carboxylic acids is 1. The highest BCUT2D eigenvalue weighted by molar-refractivity contribution is 5.78. The molecule has 0 unspecified atom stereocenters. The minimum atomic E-state index is 0.333. The summed E-state index contributed by atoms with van der Waals surface area (Å²) in [5, 5.41) is 0. The van der Waals surface area contributed by atoms with Crippen LogP contribution in [0.2, 0.25) is 0 Å². The molecule has 1 aromatic heterocycles. The van der Waals surface area contributed by atoms with Crippen LogP contribution in [-0.2, 0) is 11.3 Å². The molecule has 3 aliphatic heterocycles. The number of nitrogens with two attached hydrogens (primary N) is 1. The van der Waals surface area contributed by atoms with Gasteiger partial charge in [0.1, 0.15) is 0 Å². The summed E-state index contributed by atoms with van der Waals surface area (Å²) in [7, 11) is 0. The van der Waals surface area contributed by atoms with Crippen LogP contribution < -0.4 is 5.73 Å². The van der Waals surface area contributed by atoms with E-state index in [0.717, 1.165) is 44.5 Å². The molecule has 3 aliphatic rings. The Hall–Kier alpha value is -1.69. The van der Waals surface area contributed by atoms with Crippen LogP contribution >= 0.6 is 0 Å². The summed E-state index contributed by atoms with van der Waals surface area (Å²) in [5.74, 6) is 2.63. The molecule has 6 heteroatoms. The molecule has 0 spiro atoms. The maximum Gasteiger partial charge on any atom is 0.223 e. The molecule has 0 aromatic carbocycles. The van der Waals surface area contributed by atoms with Crippen LogP contribution in [0.5, 0.6) is 0 Å². The van der Waals surface area contributed by atoms with Crippen molar-refractivity contribution in [1.29, 1.82) is 0 Å². The van der Waals surface area contributed by atoms with Gasteiger partial charge < -0.3 is 10.6 Å². The molecule has 1 amide bonds. The van der Waals surface area contributed by atoms with E-state index in [1.165, 1.54) is 19.3 Å². The Labute approximate surface area is 162 Å². The zero-order valence-corrected chi connectivity index (χ0v) is 16.7. The summed E-state index contributed by atoms with van der Waals surface area (Å²) in [6.45, 7) is 7.60. The van der Waals surface area contributed by atoms with Crippen molar-refractivity contribution in [1.82, 2.24) is 19.8 Å². The predicted molar refractivity (Wildman–Crippen MR) is 106 cm³/mol. The zero-order chi connectivity index (χ0) is 19.0. The SMILES string of the molecule is CC(C)CC[C@H]1[C@H]2C[C@H](CN(Cc3cnc(N)nc3)C2)[C@@H]2CCCC(=O)N21. The normalized spacial score (nSPS) is 31.2. The molecule has 3 saturated heterocycles. The lowest BCUT2D eigenvalue weighted by atomic mass is 9.70. The molecule has 0 radical (unpaired) electrons. The molecule has 4 heterocycles. The minimum Gasteiger partial charge on any atom is -0.368 e. The van der Waals surface area contributed by atoms with Gasteiger partial charge >= 0.3 is 0 Å². The largest absolute Gasteiger partial charge is 0.368 e. The van der Waals surface area contributed by atoms with E-state index in [2.05, 4.69) is 33.6 Å². The van der Waals surface area contributed by atoms with Gasteiger partial charge in [-0.15, -0.1) is 0 Å². The maximum atomic E-state index is 12.8. The summed E-state index contributed by atoms with van der Waals surface area (Å²) < 4.78 is 0. The number of carbonyl (C=O) groups is 1. The Bertz CT molecular complexity index is 661. The Kier molecular flexibility index (Phi) is 5.35. The number of rotatable bonds is 5. The summed E-state index contributed by atoms with van der Waals surface area (Å²) in [5.41, 5.74) is 6.75. The van der Waals surface area contributed by atoms with Crippen LogP contribution in [0.1, 0.15) is 57.9 Å². The van der Waals surface area contributed by atoms with Gasteiger partial charge in [-0.1, -0.05) is 13.8 Å². The Morgan fingerprint density at radius 2 is 1.96 bits per heavy atom. The molecule has 3 fully saturated rings. The number of aromatic nitrogens is 2. The number of nitrogen functional groups attached to an aromatic ring is 1. The fourth-order valence-corrected chi connectivity index (χ4v) is 5.58. The van der Waals surface area contributed by atoms with Gasteiger partial charge in [0, 0.05) is 56.1 Å². The first kappa shape index (κ1) is 18.7. The number of nitrogens with zero attached hydrogens (tertiary/aromatic N) is 4. The lowest BCUT2D eigenvalue weighted by molar-refractivity contribution is -0.153. The van der Waals surface area contributed by atoms with Crippen molar-refractivity contribution in [2.24, 2.45) is 17.8 Å². The van der Waals surface area contributed by atoms with Gasteiger partial charge in [0.05, 0.1) is 0 Å². The van der Waals surface area contributed by atoms with Crippen molar-refractivity contribution < 1.29 is 4.79 Å². The predicted octanol–water partition coefficient (Wildman–Crippen LogP) is 2.70. The van der Waals surface area contributed by atoms with Gasteiger partial charge in [-0.05, 0) is 49.9 Å². The zero-order valence-electron chi connectivity index (χ0n) is 16.7. The van der Waals surface area contributed by atoms with Crippen LogP contribution in [0.15, 0.2) is 12.4 Å². The minimum absolute atomic E-state index is 0.333. The van der Waals surface area contributed by atoms with Crippen LogP contribution in [0.3, 0.4) is 0 Å². The monoisotopic (exact) mass is 371 g/mol. The second-order valence-corrected chi connectivity index (χ2v) is 9.20. The second-order valence-electron chi connectivity index (χ2n) is 9.20. The molecule has 2 N–H and O–H groups in total. The molecule has 27 heavy (non-hydrogen) atoms. The van der Waals surface area contributed by atoms with Crippen molar-refractivity contribution in [2.45, 2.75) is 71.0 Å². The Morgan fingerprint density at radius 3 is 2.70 bits per heavy atom. The van der Waals surface area contributed by atoms with Crippen molar-refractivity contribution in [3.05, 3.63) is 18.0 Å². The number of piperidine rings is 3. The maximum absolute atomic E-state index is 12.8. The summed E-state index contributed by atoms with van der Waals surface area (Å²) in [6.07, 6.45) is 10.3. The molecule has 6 nitrogen and oxygen atoms in total. The quantitative estimate of drug-likeness (QED) is 0.861. The lowest BCUT2D eigenvalue weighted by Gasteiger charge is -2.57. The highest BCUT2D eigenvalue weighted by Gasteiger charge is 2.48. The highest BCUT2D eigenvalue weighted by atomic mass is 16.2. The van der Waals surface area contributed by atoms with E-state index < -0.39 is 0 Å². The van der Waals surface area contributed by atoms with E-state index in [9.17, 15) is 4.79 Å². The van der Waals surface area contributed by atoms with Gasteiger partial charge in [-0.25, -0.2) is 9.97 Å². The molecular formula is C21H33N5O.